The molecule has 128 valence electrons. The molecule has 1 heterocycles. The van der Waals surface area contributed by atoms with E-state index >= 15 is 0 Å². The van der Waals surface area contributed by atoms with E-state index in [1.807, 2.05) is 0 Å². The van der Waals surface area contributed by atoms with Crippen LogP contribution < -0.4 is 0 Å². The monoisotopic (exact) mass is 338 g/mol. The van der Waals surface area contributed by atoms with Crippen LogP contribution in [-0.2, 0) is 22.3 Å². The summed E-state index contributed by atoms with van der Waals surface area (Å²) in [5.41, 5.74) is -0.206. The molecule has 4 nitrogen and oxygen atoms in total. The third kappa shape index (κ3) is 2.37. The Bertz CT molecular complexity index is 682. The molecular weight excluding hydrogens is 321 g/mol. The summed E-state index contributed by atoms with van der Waals surface area (Å²) in [6, 6.07) is 4.71. The van der Waals surface area contributed by atoms with Crippen molar-refractivity contribution >= 4 is 11.8 Å². The van der Waals surface area contributed by atoms with Gasteiger partial charge in [-0.05, 0) is 42.9 Å². The summed E-state index contributed by atoms with van der Waals surface area (Å²) in [5.74, 6) is 0.525. The van der Waals surface area contributed by atoms with E-state index in [2.05, 4.69) is 0 Å². The molecule has 0 atom stereocenters. The fraction of sp³-hybridized carbons (Fsp3) is 0.529. The fourth-order valence-electron chi connectivity index (χ4n) is 4.02. The molecule has 0 aromatic heterocycles. The quantitative estimate of drug-likeness (QED) is 0.849. The van der Waals surface area contributed by atoms with Gasteiger partial charge >= 0.3 is 6.18 Å². The zero-order valence-corrected chi connectivity index (χ0v) is 13.0. The Hall–Kier alpha value is -2.05. The molecular formula is C17H17F3N2O2. The van der Waals surface area contributed by atoms with Gasteiger partial charge in [-0.25, -0.2) is 0 Å². The van der Waals surface area contributed by atoms with Crippen molar-refractivity contribution in [1.29, 1.82) is 0 Å². The molecule has 1 aromatic rings. The number of benzene rings is 1. The SMILES string of the molecule is O=C1CN(C23CC(C2)C3)C(=O)CN1Cc1ccc(C(F)(F)F)cc1. The molecule has 2 amide bonds. The van der Waals surface area contributed by atoms with Crippen LogP contribution in [0.25, 0.3) is 0 Å². The Morgan fingerprint density at radius 2 is 1.62 bits per heavy atom. The van der Waals surface area contributed by atoms with Gasteiger partial charge in [0.1, 0.15) is 13.1 Å². The minimum atomic E-state index is -4.38. The molecule has 0 unspecified atom stereocenters. The van der Waals surface area contributed by atoms with Gasteiger partial charge < -0.3 is 9.80 Å². The Kier molecular flexibility index (Phi) is 3.21. The van der Waals surface area contributed by atoms with Gasteiger partial charge in [0.05, 0.1) is 5.56 Å². The van der Waals surface area contributed by atoms with Gasteiger partial charge in [0.2, 0.25) is 11.8 Å². The molecule has 4 fully saturated rings. The second kappa shape index (κ2) is 4.97. The predicted molar refractivity (Wildman–Crippen MR) is 78.6 cm³/mol. The Balaban J connectivity index is 1.42. The van der Waals surface area contributed by atoms with E-state index in [0.29, 0.717) is 5.56 Å². The number of rotatable bonds is 3. The molecule has 7 heteroatoms. The van der Waals surface area contributed by atoms with E-state index in [9.17, 15) is 22.8 Å². The Morgan fingerprint density at radius 3 is 2.12 bits per heavy atom. The van der Waals surface area contributed by atoms with E-state index in [1.54, 1.807) is 4.90 Å². The van der Waals surface area contributed by atoms with Crippen molar-refractivity contribution in [2.45, 2.75) is 37.5 Å². The highest BCUT2D eigenvalue weighted by molar-refractivity contribution is 5.93. The van der Waals surface area contributed by atoms with Crippen LogP contribution >= 0.6 is 0 Å². The predicted octanol–water partition coefficient (Wildman–Crippen LogP) is 2.43. The number of piperazine rings is 1. The minimum absolute atomic E-state index is 0.00622. The third-order valence-corrected chi connectivity index (χ3v) is 5.51. The number of nitrogens with zero attached hydrogens (tertiary/aromatic N) is 2. The van der Waals surface area contributed by atoms with Crippen molar-refractivity contribution in [3.05, 3.63) is 35.4 Å². The summed E-state index contributed by atoms with van der Waals surface area (Å²) in [4.78, 5) is 27.9. The maximum Gasteiger partial charge on any atom is 0.416 e. The number of amides is 2. The highest BCUT2D eigenvalue weighted by Crippen LogP contribution is 2.60. The van der Waals surface area contributed by atoms with Crippen LogP contribution in [-0.4, -0.2) is 40.2 Å². The summed E-state index contributed by atoms with van der Waals surface area (Å²) in [7, 11) is 0. The van der Waals surface area contributed by atoms with E-state index in [4.69, 9.17) is 0 Å². The lowest BCUT2D eigenvalue weighted by Crippen LogP contribution is -2.73. The van der Waals surface area contributed by atoms with E-state index in [-0.39, 0.29) is 37.0 Å². The van der Waals surface area contributed by atoms with Crippen LogP contribution in [0.2, 0.25) is 0 Å². The number of hydrogen-bond acceptors (Lipinski definition) is 2. The maximum absolute atomic E-state index is 12.6. The van der Waals surface area contributed by atoms with Gasteiger partial charge in [-0.15, -0.1) is 0 Å². The molecule has 1 saturated heterocycles. The maximum atomic E-state index is 12.6. The average Bonchev–Trinajstić information content (AvgIpc) is 2.40. The van der Waals surface area contributed by atoms with Crippen LogP contribution in [0.15, 0.2) is 24.3 Å². The van der Waals surface area contributed by atoms with Crippen LogP contribution in [0, 0.1) is 5.92 Å². The molecule has 3 aliphatic carbocycles. The molecule has 0 N–H and O–H groups in total. The zero-order valence-electron chi connectivity index (χ0n) is 13.0. The van der Waals surface area contributed by atoms with Crippen molar-refractivity contribution in [3.8, 4) is 0 Å². The van der Waals surface area contributed by atoms with Gasteiger partial charge in [0, 0.05) is 12.1 Å². The van der Waals surface area contributed by atoms with E-state index < -0.39 is 11.7 Å². The summed E-state index contributed by atoms with van der Waals surface area (Å²) < 4.78 is 37.7. The second-order valence-corrected chi connectivity index (χ2v) is 7.13. The van der Waals surface area contributed by atoms with Crippen LogP contribution in [0.3, 0.4) is 0 Å². The molecule has 1 aromatic carbocycles. The molecule has 2 bridgehead atoms. The summed E-state index contributed by atoms with van der Waals surface area (Å²) >= 11 is 0. The first kappa shape index (κ1) is 15.5. The van der Waals surface area contributed by atoms with Crippen molar-refractivity contribution in [2.75, 3.05) is 13.1 Å². The summed E-state index contributed by atoms with van der Waals surface area (Å²) in [6.45, 7) is 0.255. The molecule has 5 rings (SSSR count). The Labute approximate surface area is 137 Å². The number of carbonyl (C=O) groups excluding carboxylic acids is 2. The summed E-state index contributed by atoms with van der Waals surface area (Å²) in [5, 5.41) is 0. The van der Waals surface area contributed by atoms with Gasteiger partial charge in [0.15, 0.2) is 0 Å². The van der Waals surface area contributed by atoms with Crippen molar-refractivity contribution < 1.29 is 22.8 Å². The highest BCUT2D eigenvalue weighted by Gasteiger charge is 2.62. The van der Waals surface area contributed by atoms with Crippen molar-refractivity contribution in [3.63, 3.8) is 0 Å². The molecule has 1 aliphatic heterocycles. The average molecular weight is 338 g/mol. The first-order valence-electron chi connectivity index (χ1n) is 8.01. The molecule has 0 spiro atoms. The standard InChI is InChI=1S/C17H17F3N2O2/c18-17(19,20)13-3-1-11(2-4-13)8-21-9-15(24)22(10-14(21)23)16-5-12(6-16)7-16/h1-4,12H,5-10H2. The minimum Gasteiger partial charge on any atom is -0.328 e. The molecule has 4 aliphatic rings. The number of halogens is 3. The fourth-order valence-corrected chi connectivity index (χ4v) is 4.02. The highest BCUT2D eigenvalue weighted by atomic mass is 19.4. The third-order valence-electron chi connectivity index (χ3n) is 5.51. The normalized spacial score (nSPS) is 29.4. The first-order chi connectivity index (χ1) is 11.3. The smallest absolute Gasteiger partial charge is 0.328 e. The molecule has 0 radical (unpaired) electrons. The van der Waals surface area contributed by atoms with Gasteiger partial charge in [-0.1, -0.05) is 12.1 Å². The van der Waals surface area contributed by atoms with Gasteiger partial charge in [-0.3, -0.25) is 9.59 Å². The van der Waals surface area contributed by atoms with E-state index in [0.717, 1.165) is 37.3 Å². The van der Waals surface area contributed by atoms with Crippen molar-refractivity contribution in [2.24, 2.45) is 5.92 Å². The number of carbonyl (C=O) groups is 2. The van der Waals surface area contributed by atoms with Gasteiger partial charge in [0.25, 0.3) is 0 Å². The lowest BCUT2D eigenvalue weighted by Gasteiger charge is -2.67. The number of alkyl halides is 3. The van der Waals surface area contributed by atoms with E-state index in [1.165, 1.54) is 17.0 Å². The summed E-state index contributed by atoms with van der Waals surface area (Å²) in [6.07, 6.45) is -1.36. The Morgan fingerprint density at radius 1 is 1.00 bits per heavy atom. The zero-order chi connectivity index (χ0) is 17.1. The van der Waals surface area contributed by atoms with Crippen LogP contribution in [0.1, 0.15) is 30.4 Å². The first-order valence-corrected chi connectivity index (χ1v) is 8.01. The lowest BCUT2D eigenvalue weighted by atomic mass is 9.49. The van der Waals surface area contributed by atoms with Crippen LogP contribution in [0.5, 0.6) is 0 Å². The molecule has 24 heavy (non-hydrogen) atoms. The van der Waals surface area contributed by atoms with Crippen LogP contribution in [0.4, 0.5) is 13.2 Å². The van der Waals surface area contributed by atoms with Crippen molar-refractivity contribution in [1.82, 2.24) is 9.80 Å². The largest absolute Gasteiger partial charge is 0.416 e. The molecule has 3 saturated carbocycles. The van der Waals surface area contributed by atoms with Gasteiger partial charge in [-0.2, -0.15) is 13.2 Å². The topological polar surface area (TPSA) is 40.6 Å². The number of hydrogen-bond donors (Lipinski definition) is 0. The lowest BCUT2D eigenvalue weighted by molar-refractivity contribution is -0.185. The second-order valence-electron chi connectivity index (χ2n) is 7.13.